The minimum absolute atomic E-state index is 0.379. The van der Waals surface area contributed by atoms with Gasteiger partial charge in [-0.2, -0.15) is 11.8 Å². The van der Waals surface area contributed by atoms with E-state index in [2.05, 4.69) is 5.32 Å². The van der Waals surface area contributed by atoms with Gasteiger partial charge in [0, 0.05) is 0 Å². The summed E-state index contributed by atoms with van der Waals surface area (Å²) in [5, 5.41) is 11.5. The number of benzene rings is 1. The van der Waals surface area contributed by atoms with Gasteiger partial charge in [-0.3, -0.25) is 4.79 Å². The Morgan fingerprint density at radius 3 is 2.53 bits per heavy atom. The van der Waals surface area contributed by atoms with Crippen molar-refractivity contribution in [2.45, 2.75) is 18.5 Å². The fourth-order valence-electron chi connectivity index (χ4n) is 1.57. The van der Waals surface area contributed by atoms with Gasteiger partial charge in [0.25, 0.3) is 0 Å². The number of carbonyl (C=O) groups is 2. The normalized spacial score (nSPS) is 13.6. The van der Waals surface area contributed by atoms with Crippen LogP contribution in [-0.2, 0) is 9.59 Å². The Balaban J connectivity index is 2.64. The van der Waals surface area contributed by atoms with Crippen LogP contribution < -0.4 is 11.1 Å². The van der Waals surface area contributed by atoms with E-state index in [-0.39, 0.29) is 0 Å². The van der Waals surface area contributed by atoms with Gasteiger partial charge in [0.05, 0.1) is 0 Å². The van der Waals surface area contributed by atoms with E-state index in [1.54, 1.807) is 24.3 Å². The smallest absolute Gasteiger partial charge is 0.326 e. The Hall–Kier alpha value is -1.53. The molecule has 0 saturated carbocycles. The molecule has 2 atom stereocenters. The zero-order valence-corrected chi connectivity index (χ0v) is 11.5. The van der Waals surface area contributed by atoms with E-state index in [1.807, 2.05) is 12.3 Å². The fourth-order valence-corrected chi connectivity index (χ4v) is 2.04. The summed E-state index contributed by atoms with van der Waals surface area (Å²) >= 11 is 1.53. The first-order valence-electron chi connectivity index (χ1n) is 5.89. The average molecular weight is 282 g/mol. The van der Waals surface area contributed by atoms with Crippen LogP contribution in [0.1, 0.15) is 18.0 Å². The second-order valence-corrected chi connectivity index (χ2v) is 5.05. The number of carboxylic acid groups (broad SMARTS) is 1. The number of carboxylic acids is 1. The van der Waals surface area contributed by atoms with Gasteiger partial charge in [0.2, 0.25) is 5.91 Å². The molecule has 0 heterocycles. The van der Waals surface area contributed by atoms with Crippen molar-refractivity contribution in [2.24, 2.45) is 5.73 Å². The van der Waals surface area contributed by atoms with E-state index in [9.17, 15) is 9.59 Å². The van der Waals surface area contributed by atoms with Gasteiger partial charge < -0.3 is 16.2 Å². The number of nitrogens with two attached hydrogens (primary N) is 1. The molecule has 104 valence electrons. The molecular formula is C13H18N2O3S. The van der Waals surface area contributed by atoms with E-state index < -0.39 is 24.0 Å². The summed E-state index contributed by atoms with van der Waals surface area (Å²) in [4.78, 5) is 23.0. The highest BCUT2D eigenvalue weighted by molar-refractivity contribution is 7.98. The van der Waals surface area contributed by atoms with E-state index in [0.717, 1.165) is 0 Å². The summed E-state index contributed by atoms with van der Waals surface area (Å²) in [6.07, 6.45) is 2.26. The molecule has 1 aromatic rings. The molecule has 4 N–H and O–H groups in total. The molecule has 1 rings (SSSR count). The third-order valence-electron chi connectivity index (χ3n) is 2.67. The van der Waals surface area contributed by atoms with Gasteiger partial charge in [0.1, 0.15) is 12.1 Å². The first-order valence-corrected chi connectivity index (χ1v) is 7.28. The van der Waals surface area contributed by atoms with Crippen molar-refractivity contribution in [3.63, 3.8) is 0 Å². The molecule has 0 aliphatic carbocycles. The maximum Gasteiger partial charge on any atom is 0.326 e. The highest BCUT2D eigenvalue weighted by atomic mass is 32.2. The van der Waals surface area contributed by atoms with E-state index in [4.69, 9.17) is 10.8 Å². The van der Waals surface area contributed by atoms with Crippen LogP contribution in [0.15, 0.2) is 30.3 Å². The van der Waals surface area contributed by atoms with Gasteiger partial charge in [-0.25, -0.2) is 4.79 Å². The van der Waals surface area contributed by atoms with Crippen LogP contribution in [0.25, 0.3) is 0 Å². The van der Waals surface area contributed by atoms with Crippen LogP contribution in [0.4, 0.5) is 0 Å². The predicted molar refractivity (Wildman–Crippen MR) is 75.9 cm³/mol. The lowest BCUT2D eigenvalue weighted by Gasteiger charge is -2.17. The van der Waals surface area contributed by atoms with E-state index in [1.165, 1.54) is 11.8 Å². The molecule has 0 radical (unpaired) electrons. The molecule has 19 heavy (non-hydrogen) atoms. The number of nitrogens with one attached hydrogen (secondary N) is 1. The number of hydrogen-bond acceptors (Lipinski definition) is 4. The van der Waals surface area contributed by atoms with E-state index in [0.29, 0.717) is 17.7 Å². The lowest BCUT2D eigenvalue weighted by molar-refractivity contribution is -0.142. The van der Waals surface area contributed by atoms with Crippen LogP contribution >= 0.6 is 11.8 Å². The number of carbonyl (C=O) groups excluding carboxylic acids is 1. The first kappa shape index (κ1) is 15.5. The molecule has 0 saturated heterocycles. The lowest BCUT2D eigenvalue weighted by Crippen LogP contribution is -2.45. The van der Waals surface area contributed by atoms with Crippen molar-refractivity contribution in [3.05, 3.63) is 35.9 Å². The van der Waals surface area contributed by atoms with Gasteiger partial charge in [0.15, 0.2) is 0 Å². The van der Waals surface area contributed by atoms with Crippen LogP contribution in [0, 0.1) is 0 Å². The van der Waals surface area contributed by atoms with Crippen LogP contribution in [0.5, 0.6) is 0 Å². The van der Waals surface area contributed by atoms with Crippen LogP contribution in [0.3, 0.4) is 0 Å². The Bertz CT molecular complexity index is 425. The lowest BCUT2D eigenvalue weighted by atomic mass is 10.1. The van der Waals surface area contributed by atoms with Gasteiger partial charge in [-0.05, 0) is 24.0 Å². The van der Waals surface area contributed by atoms with Crippen molar-refractivity contribution >= 4 is 23.6 Å². The van der Waals surface area contributed by atoms with Crippen LogP contribution in [0.2, 0.25) is 0 Å². The minimum Gasteiger partial charge on any atom is -0.480 e. The predicted octanol–water partition coefficient (Wildman–Crippen LogP) is 1.01. The number of hydrogen-bond donors (Lipinski definition) is 3. The van der Waals surface area contributed by atoms with E-state index >= 15 is 0 Å². The molecule has 0 aliphatic rings. The summed E-state index contributed by atoms with van der Waals surface area (Å²) in [5.41, 5.74) is 6.47. The standard InChI is InChI=1S/C13H18N2O3S/c1-19-8-7-10(13(17)18)15-12(16)11(14)9-5-3-2-4-6-9/h2-6,10-11H,7-8,14H2,1H3,(H,15,16)(H,17,18)/t10-,11?/m0/s1. The second kappa shape index (κ2) is 7.81. The van der Waals surface area contributed by atoms with Crippen molar-refractivity contribution in [1.82, 2.24) is 5.32 Å². The summed E-state index contributed by atoms with van der Waals surface area (Å²) < 4.78 is 0. The maximum atomic E-state index is 11.9. The molecule has 0 fully saturated rings. The molecule has 5 nitrogen and oxygen atoms in total. The van der Waals surface area contributed by atoms with Crippen LogP contribution in [-0.4, -0.2) is 35.0 Å². The molecule has 0 aliphatic heterocycles. The third-order valence-corrected chi connectivity index (χ3v) is 3.31. The molecular weight excluding hydrogens is 264 g/mol. The average Bonchev–Trinajstić information content (AvgIpc) is 2.43. The van der Waals surface area contributed by atoms with Gasteiger partial charge >= 0.3 is 5.97 Å². The number of thioether (sulfide) groups is 1. The Labute approximate surface area is 116 Å². The topological polar surface area (TPSA) is 92.4 Å². The number of rotatable bonds is 7. The monoisotopic (exact) mass is 282 g/mol. The Kier molecular flexibility index (Phi) is 6.38. The molecule has 6 heteroatoms. The third kappa shape index (κ3) is 4.92. The Morgan fingerprint density at radius 2 is 2.00 bits per heavy atom. The van der Waals surface area contributed by atoms with Crippen molar-refractivity contribution in [1.29, 1.82) is 0 Å². The zero-order valence-electron chi connectivity index (χ0n) is 10.7. The van der Waals surface area contributed by atoms with Gasteiger partial charge in [-0.15, -0.1) is 0 Å². The highest BCUT2D eigenvalue weighted by Crippen LogP contribution is 2.10. The largest absolute Gasteiger partial charge is 0.480 e. The molecule has 1 unspecified atom stereocenters. The minimum atomic E-state index is -1.04. The second-order valence-electron chi connectivity index (χ2n) is 4.07. The molecule has 1 amide bonds. The highest BCUT2D eigenvalue weighted by Gasteiger charge is 2.23. The van der Waals surface area contributed by atoms with Crippen molar-refractivity contribution in [2.75, 3.05) is 12.0 Å². The molecule has 1 aromatic carbocycles. The zero-order chi connectivity index (χ0) is 14.3. The van der Waals surface area contributed by atoms with Crippen molar-refractivity contribution < 1.29 is 14.7 Å². The SMILES string of the molecule is CSCC[C@H](NC(=O)C(N)c1ccccc1)C(=O)O. The first-order chi connectivity index (χ1) is 9.06. The quantitative estimate of drug-likeness (QED) is 0.694. The van der Waals surface area contributed by atoms with Crippen molar-refractivity contribution in [3.8, 4) is 0 Å². The Morgan fingerprint density at radius 1 is 1.37 bits per heavy atom. The fraction of sp³-hybridized carbons (Fsp3) is 0.385. The van der Waals surface area contributed by atoms with Gasteiger partial charge in [-0.1, -0.05) is 30.3 Å². The number of amides is 1. The molecule has 0 bridgehead atoms. The summed E-state index contributed by atoms with van der Waals surface area (Å²) in [6, 6.07) is 7.12. The summed E-state index contributed by atoms with van der Waals surface area (Å²) in [6.45, 7) is 0. The molecule has 0 aromatic heterocycles. The molecule has 0 spiro atoms. The maximum absolute atomic E-state index is 11.9. The summed E-state index contributed by atoms with van der Waals surface area (Å²) in [5.74, 6) is -0.847. The summed E-state index contributed by atoms with van der Waals surface area (Å²) in [7, 11) is 0. The number of aliphatic carboxylic acids is 1.